The molecule has 0 aliphatic carbocycles. The number of benzene rings is 1. The van der Waals surface area contributed by atoms with Gasteiger partial charge in [-0.3, -0.25) is 14.6 Å². The molecule has 11 nitrogen and oxygen atoms in total. The summed E-state index contributed by atoms with van der Waals surface area (Å²) in [6.07, 6.45) is 11.9. The van der Waals surface area contributed by atoms with Crippen molar-refractivity contribution in [1.29, 1.82) is 0 Å². The molecule has 3 N–H and O–H groups in total. The van der Waals surface area contributed by atoms with Crippen molar-refractivity contribution in [2.45, 2.75) is 32.1 Å². The number of nitrogens with zero attached hydrogens (tertiary/aromatic N) is 6. The molecule has 0 saturated carbocycles. The third-order valence-corrected chi connectivity index (χ3v) is 7.79. The van der Waals surface area contributed by atoms with Crippen molar-refractivity contribution in [2.75, 3.05) is 29.0 Å². The predicted molar refractivity (Wildman–Crippen MR) is 157 cm³/mol. The third kappa shape index (κ3) is 6.14. The molecule has 1 fully saturated rings. The third-order valence-electron chi connectivity index (χ3n) is 7.51. The van der Waals surface area contributed by atoms with Crippen LogP contribution in [0.15, 0.2) is 55.2 Å². The number of likely N-dealkylation sites (tertiary alicyclic amines) is 1. The summed E-state index contributed by atoms with van der Waals surface area (Å²) in [5, 5.41) is 10.0. The van der Waals surface area contributed by atoms with E-state index in [1.165, 1.54) is 0 Å². The molecule has 210 valence electrons. The Hall–Kier alpha value is -4.51. The van der Waals surface area contributed by atoms with Gasteiger partial charge >= 0.3 is 0 Å². The first kappa shape index (κ1) is 26.7. The molecule has 3 aromatic heterocycles. The minimum Gasteiger partial charge on any atom is -0.339 e. The first-order valence-electron chi connectivity index (χ1n) is 13.6. The zero-order chi connectivity index (χ0) is 28.3. The van der Waals surface area contributed by atoms with Crippen LogP contribution in [0.5, 0.6) is 0 Å². The van der Waals surface area contributed by atoms with E-state index in [9.17, 15) is 9.59 Å². The van der Waals surface area contributed by atoms with Crippen molar-refractivity contribution in [3.63, 3.8) is 0 Å². The van der Waals surface area contributed by atoms with Crippen molar-refractivity contribution < 1.29 is 9.59 Å². The summed E-state index contributed by atoms with van der Waals surface area (Å²) >= 11 is 6.37. The standard InChI is InChI=1S/C29H30ClN9O2/c1-38-11-8-32-27(38)28(41)39-9-6-18(7-10-39)13-25(40)36-24-5-4-21-14-20(24)3-2-19-12-22(16-31-15-19)35-29-33-17-23(30)26(34-21)37-29/h4-5,8,11-12,14-18H,2-3,6-7,9-10,13H2,1H3,(H,36,40)(H2,33,34,35,37). The number of aromatic nitrogens is 5. The van der Waals surface area contributed by atoms with E-state index in [1.807, 2.05) is 42.4 Å². The van der Waals surface area contributed by atoms with Crippen LogP contribution in [0.4, 0.5) is 28.8 Å². The van der Waals surface area contributed by atoms with Crippen LogP contribution in [0.1, 0.15) is 41.0 Å². The van der Waals surface area contributed by atoms with E-state index < -0.39 is 0 Å². The molecule has 1 saturated heterocycles. The Morgan fingerprint density at radius 2 is 1.90 bits per heavy atom. The lowest BCUT2D eigenvalue weighted by Gasteiger charge is -2.31. The Morgan fingerprint density at radius 3 is 2.71 bits per heavy atom. The quantitative estimate of drug-likeness (QED) is 0.321. The molecule has 6 bridgehead atoms. The zero-order valence-electron chi connectivity index (χ0n) is 22.6. The smallest absolute Gasteiger partial charge is 0.289 e. The van der Waals surface area contributed by atoms with E-state index in [-0.39, 0.29) is 17.7 Å². The second kappa shape index (κ2) is 11.5. The van der Waals surface area contributed by atoms with Crippen LogP contribution in [0.3, 0.4) is 0 Å². The molecule has 41 heavy (non-hydrogen) atoms. The number of imidazole rings is 1. The highest BCUT2D eigenvalue weighted by Crippen LogP contribution is 2.30. The van der Waals surface area contributed by atoms with Crippen molar-refractivity contribution in [3.8, 4) is 0 Å². The minimum atomic E-state index is -0.0647. The summed E-state index contributed by atoms with van der Waals surface area (Å²) < 4.78 is 1.73. The highest BCUT2D eigenvalue weighted by Gasteiger charge is 2.27. The van der Waals surface area contributed by atoms with Gasteiger partial charge in [-0.05, 0) is 67.0 Å². The van der Waals surface area contributed by atoms with Crippen LogP contribution < -0.4 is 16.0 Å². The minimum absolute atomic E-state index is 0.0323. The number of pyridine rings is 1. The number of fused-ring (bicyclic) bond motifs is 6. The number of aryl methyl sites for hydroxylation is 3. The highest BCUT2D eigenvalue weighted by atomic mass is 35.5. The van der Waals surface area contributed by atoms with Gasteiger partial charge in [-0.1, -0.05) is 11.6 Å². The summed E-state index contributed by atoms with van der Waals surface area (Å²) in [5.41, 5.74) is 4.39. The fourth-order valence-corrected chi connectivity index (χ4v) is 5.41. The summed E-state index contributed by atoms with van der Waals surface area (Å²) in [7, 11) is 1.82. The van der Waals surface area contributed by atoms with Crippen LogP contribution in [0, 0.1) is 5.92 Å². The maximum Gasteiger partial charge on any atom is 0.289 e. The first-order valence-corrected chi connectivity index (χ1v) is 14.0. The number of anilines is 5. The van der Waals surface area contributed by atoms with Gasteiger partial charge in [0, 0.05) is 56.5 Å². The van der Waals surface area contributed by atoms with Crippen LogP contribution in [-0.2, 0) is 24.7 Å². The number of rotatable bonds is 4. The largest absolute Gasteiger partial charge is 0.339 e. The molecular weight excluding hydrogens is 542 g/mol. The van der Waals surface area contributed by atoms with E-state index in [1.54, 1.807) is 29.4 Å². The van der Waals surface area contributed by atoms with Crippen LogP contribution >= 0.6 is 11.6 Å². The molecule has 2 aliphatic heterocycles. The van der Waals surface area contributed by atoms with E-state index in [0.717, 1.165) is 47.5 Å². The maximum absolute atomic E-state index is 13.2. The average molecular weight is 572 g/mol. The Bertz CT molecular complexity index is 1600. The predicted octanol–water partition coefficient (Wildman–Crippen LogP) is 4.73. The van der Waals surface area contributed by atoms with Gasteiger partial charge in [-0.25, -0.2) is 9.97 Å². The fraction of sp³-hybridized carbons (Fsp3) is 0.310. The second-order valence-electron chi connectivity index (χ2n) is 10.4. The SMILES string of the molecule is Cn1ccnc1C(=O)N1CCC(CC(=O)Nc2ccc3cc2CCc2cncc(c2)Nc2ncc(Cl)c(n2)N3)CC1. The van der Waals surface area contributed by atoms with Crippen molar-refractivity contribution in [1.82, 2.24) is 29.4 Å². The molecule has 4 aromatic rings. The van der Waals surface area contributed by atoms with Gasteiger partial charge in [0.15, 0.2) is 11.6 Å². The lowest BCUT2D eigenvalue weighted by atomic mass is 9.93. The van der Waals surface area contributed by atoms with Gasteiger partial charge in [0.05, 0.1) is 18.1 Å². The van der Waals surface area contributed by atoms with E-state index in [4.69, 9.17) is 11.6 Å². The van der Waals surface area contributed by atoms with Crippen LogP contribution in [0.2, 0.25) is 5.02 Å². The summed E-state index contributed by atoms with van der Waals surface area (Å²) in [4.78, 5) is 45.1. The monoisotopic (exact) mass is 571 g/mol. The fourth-order valence-electron chi connectivity index (χ4n) is 5.27. The molecule has 0 atom stereocenters. The van der Waals surface area contributed by atoms with Gasteiger partial charge in [-0.15, -0.1) is 0 Å². The van der Waals surface area contributed by atoms with Gasteiger partial charge in [0.1, 0.15) is 5.02 Å². The van der Waals surface area contributed by atoms with Gasteiger partial charge in [0.25, 0.3) is 5.91 Å². The number of hydrogen-bond donors (Lipinski definition) is 3. The van der Waals surface area contributed by atoms with E-state index >= 15 is 0 Å². The van der Waals surface area contributed by atoms with Crippen LogP contribution in [0.25, 0.3) is 0 Å². The van der Waals surface area contributed by atoms with Crippen molar-refractivity contribution in [2.24, 2.45) is 13.0 Å². The Kier molecular flexibility index (Phi) is 7.51. The topological polar surface area (TPSA) is 130 Å². The molecule has 0 radical (unpaired) electrons. The lowest BCUT2D eigenvalue weighted by molar-refractivity contribution is -0.117. The number of nitrogens with one attached hydrogen (secondary N) is 3. The van der Waals surface area contributed by atoms with Crippen molar-refractivity contribution >= 4 is 52.2 Å². The van der Waals surface area contributed by atoms with E-state index in [0.29, 0.717) is 48.5 Å². The summed E-state index contributed by atoms with van der Waals surface area (Å²) in [6.45, 7) is 1.23. The molecule has 1 aromatic carbocycles. The molecule has 2 amide bonds. The number of carbonyl (C=O) groups excluding carboxylic acids is 2. The normalized spacial score (nSPS) is 15.0. The zero-order valence-corrected chi connectivity index (χ0v) is 23.4. The number of amides is 2. The number of carbonyl (C=O) groups is 2. The average Bonchev–Trinajstić information content (AvgIpc) is 3.40. The van der Waals surface area contributed by atoms with Gasteiger partial charge < -0.3 is 25.4 Å². The Labute approximate surface area is 242 Å². The lowest BCUT2D eigenvalue weighted by Crippen LogP contribution is -2.40. The molecule has 2 aliphatic rings. The first-order chi connectivity index (χ1) is 19.9. The Balaban J connectivity index is 1.14. The molecule has 6 rings (SSSR count). The second-order valence-corrected chi connectivity index (χ2v) is 10.9. The molecule has 0 unspecified atom stereocenters. The summed E-state index contributed by atoms with van der Waals surface area (Å²) in [5.74, 6) is 1.44. The number of hydrogen-bond acceptors (Lipinski definition) is 8. The molecule has 0 spiro atoms. The molecule has 5 heterocycles. The van der Waals surface area contributed by atoms with Crippen molar-refractivity contribution in [3.05, 3.63) is 77.2 Å². The van der Waals surface area contributed by atoms with Gasteiger partial charge in [-0.2, -0.15) is 4.98 Å². The van der Waals surface area contributed by atoms with Gasteiger partial charge in [0.2, 0.25) is 11.9 Å². The van der Waals surface area contributed by atoms with Crippen LogP contribution in [-0.4, -0.2) is 54.3 Å². The summed E-state index contributed by atoms with van der Waals surface area (Å²) in [6, 6.07) is 7.83. The highest BCUT2D eigenvalue weighted by molar-refractivity contribution is 6.32. The number of piperidine rings is 1. The Morgan fingerprint density at radius 1 is 1.05 bits per heavy atom. The maximum atomic E-state index is 13.2. The molecular formula is C29H30ClN9O2. The molecule has 12 heteroatoms. The van der Waals surface area contributed by atoms with E-state index in [2.05, 4.69) is 35.9 Å². The number of halogens is 1.